The third-order valence-electron chi connectivity index (χ3n) is 7.69. The lowest BCUT2D eigenvalue weighted by Gasteiger charge is -2.34. The lowest BCUT2D eigenvalue weighted by Crippen LogP contribution is -2.34. The molecule has 1 aromatic heterocycles. The van der Waals surface area contributed by atoms with E-state index in [0.717, 1.165) is 45.4 Å². The van der Waals surface area contributed by atoms with E-state index in [1.54, 1.807) is 6.92 Å². The summed E-state index contributed by atoms with van der Waals surface area (Å²) in [6, 6.07) is 17.6. The first-order chi connectivity index (χ1) is 18.9. The first kappa shape index (κ1) is 26.5. The second-order valence-electron chi connectivity index (χ2n) is 10.5. The number of nitrogens with one attached hydrogen (secondary N) is 1. The van der Waals surface area contributed by atoms with E-state index < -0.39 is 18.4 Å². The smallest absolute Gasteiger partial charge is 0.322 e. The van der Waals surface area contributed by atoms with E-state index in [4.69, 9.17) is 5.11 Å². The van der Waals surface area contributed by atoms with Gasteiger partial charge in [-0.3, -0.25) is 9.59 Å². The normalized spacial score (nSPS) is 15.6. The minimum Gasteiger partial charge on any atom is -0.504 e. The quantitative estimate of drug-likeness (QED) is 0.404. The number of benzene rings is 2. The molecular formula is C30H35N5O4. The fraction of sp³-hybridized carbons (Fsp3) is 0.400. The number of fused-ring (bicyclic) bond motifs is 1. The molecule has 0 radical (unpaired) electrons. The Hall–Kier alpha value is -4.14. The van der Waals surface area contributed by atoms with Crippen molar-refractivity contribution in [1.82, 2.24) is 15.3 Å². The van der Waals surface area contributed by atoms with Crippen LogP contribution in [-0.4, -0.2) is 58.2 Å². The minimum atomic E-state index is -1.16. The molecule has 0 saturated carbocycles. The van der Waals surface area contributed by atoms with E-state index in [2.05, 4.69) is 73.6 Å². The van der Waals surface area contributed by atoms with E-state index in [1.165, 1.54) is 28.9 Å². The Kier molecular flexibility index (Phi) is 7.95. The van der Waals surface area contributed by atoms with Crippen molar-refractivity contribution in [3.63, 3.8) is 0 Å². The Bertz CT molecular complexity index is 1340. The van der Waals surface area contributed by atoms with Crippen molar-refractivity contribution in [2.45, 2.75) is 45.6 Å². The number of aliphatic carboxylic acids is 1. The lowest BCUT2D eigenvalue weighted by atomic mass is 9.92. The number of carbonyl (C=O) groups is 2. The van der Waals surface area contributed by atoms with Crippen LogP contribution in [0.1, 0.15) is 52.4 Å². The van der Waals surface area contributed by atoms with Crippen molar-refractivity contribution in [3.05, 3.63) is 76.9 Å². The number of aromatic nitrogens is 2. The number of carbonyl (C=O) groups excluding carboxylic acids is 1. The zero-order valence-electron chi connectivity index (χ0n) is 22.3. The van der Waals surface area contributed by atoms with Crippen LogP contribution in [-0.2, 0) is 24.2 Å². The van der Waals surface area contributed by atoms with Gasteiger partial charge in [0.15, 0.2) is 11.4 Å². The summed E-state index contributed by atoms with van der Waals surface area (Å²) in [5, 5.41) is 21.3. The fourth-order valence-electron chi connectivity index (χ4n) is 5.58. The van der Waals surface area contributed by atoms with Crippen molar-refractivity contribution >= 4 is 23.3 Å². The van der Waals surface area contributed by atoms with E-state index in [0.29, 0.717) is 23.9 Å². The number of carboxylic acid groups (broad SMARTS) is 1. The Balaban J connectivity index is 1.16. The van der Waals surface area contributed by atoms with Crippen LogP contribution >= 0.6 is 0 Å². The number of rotatable bonds is 8. The predicted molar refractivity (Wildman–Crippen MR) is 149 cm³/mol. The maximum Gasteiger partial charge on any atom is 0.322 e. The van der Waals surface area contributed by atoms with E-state index >= 15 is 0 Å². The predicted octanol–water partition coefficient (Wildman–Crippen LogP) is 3.72. The van der Waals surface area contributed by atoms with Gasteiger partial charge in [-0.15, -0.1) is 0 Å². The van der Waals surface area contributed by atoms with Crippen LogP contribution in [0.5, 0.6) is 5.75 Å². The number of para-hydroxylation sites is 1. The molecule has 9 heteroatoms. The number of nitrogens with zero attached hydrogens (tertiary/aromatic N) is 4. The first-order valence-corrected chi connectivity index (χ1v) is 13.6. The molecule has 0 atom stereocenters. The third-order valence-corrected chi connectivity index (χ3v) is 7.69. The van der Waals surface area contributed by atoms with Crippen LogP contribution in [0, 0.1) is 12.8 Å². The van der Waals surface area contributed by atoms with E-state index in [1.807, 2.05) is 0 Å². The lowest BCUT2D eigenvalue weighted by molar-refractivity contribution is -0.135. The van der Waals surface area contributed by atoms with Gasteiger partial charge in [0.1, 0.15) is 12.4 Å². The van der Waals surface area contributed by atoms with Gasteiger partial charge in [-0.2, -0.15) is 0 Å². The summed E-state index contributed by atoms with van der Waals surface area (Å²) in [4.78, 5) is 36.6. The van der Waals surface area contributed by atoms with Crippen molar-refractivity contribution < 1.29 is 19.8 Å². The molecule has 39 heavy (non-hydrogen) atoms. The monoisotopic (exact) mass is 529 g/mol. The molecule has 2 aromatic carbocycles. The van der Waals surface area contributed by atoms with Gasteiger partial charge in [0.2, 0.25) is 0 Å². The van der Waals surface area contributed by atoms with Gasteiger partial charge in [0.25, 0.3) is 5.91 Å². The molecule has 3 N–H and O–H groups in total. The van der Waals surface area contributed by atoms with Crippen LogP contribution in [0.15, 0.2) is 48.5 Å². The Morgan fingerprint density at radius 1 is 1.03 bits per heavy atom. The largest absolute Gasteiger partial charge is 0.504 e. The van der Waals surface area contributed by atoms with E-state index in [-0.39, 0.29) is 11.4 Å². The maximum absolute atomic E-state index is 12.3. The molecule has 204 valence electrons. The van der Waals surface area contributed by atoms with Gasteiger partial charge in [-0.25, -0.2) is 9.97 Å². The number of carboxylic acids is 1. The van der Waals surface area contributed by atoms with Crippen LogP contribution in [0.25, 0.3) is 0 Å². The highest BCUT2D eigenvalue weighted by atomic mass is 16.4. The summed E-state index contributed by atoms with van der Waals surface area (Å²) in [5.41, 5.74) is 5.47. The molecule has 0 spiro atoms. The number of amides is 1. The number of aromatic hydroxyl groups is 1. The summed E-state index contributed by atoms with van der Waals surface area (Å²) >= 11 is 0. The van der Waals surface area contributed by atoms with Crippen molar-refractivity contribution in [3.8, 4) is 5.75 Å². The molecule has 5 rings (SSSR count). The van der Waals surface area contributed by atoms with Gasteiger partial charge < -0.3 is 25.3 Å². The van der Waals surface area contributed by atoms with Crippen molar-refractivity contribution in [2.75, 3.05) is 36.0 Å². The molecular weight excluding hydrogens is 494 g/mol. The van der Waals surface area contributed by atoms with Gasteiger partial charge >= 0.3 is 5.97 Å². The van der Waals surface area contributed by atoms with Crippen molar-refractivity contribution in [1.29, 1.82) is 0 Å². The number of hydrogen-bond donors (Lipinski definition) is 3. The molecule has 9 nitrogen and oxygen atoms in total. The maximum atomic E-state index is 12.3. The topological polar surface area (TPSA) is 119 Å². The number of piperidine rings is 1. The minimum absolute atomic E-state index is 0.177. The molecule has 1 saturated heterocycles. The second kappa shape index (κ2) is 11.7. The van der Waals surface area contributed by atoms with Gasteiger partial charge in [-0.1, -0.05) is 30.3 Å². The summed E-state index contributed by atoms with van der Waals surface area (Å²) in [7, 11) is 0. The van der Waals surface area contributed by atoms with Crippen LogP contribution < -0.4 is 15.1 Å². The van der Waals surface area contributed by atoms with Crippen LogP contribution in [0.3, 0.4) is 0 Å². The summed E-state index contributed by atoms with van der Waals surface area (Å²) in [6.07, 6.45) is 4.89. The van der Waals surface area contributed by atoms with Gasteiger partial charge in [-0.05, 0) is 67.9 Å². The highest BCUT2D eigenvalue weighted by Gasteiger charge is 2.24. The molecule has 1 amide bonds. The average molecular weight is 530 g/mol. The third kappa shape index (κ3) is 6.30. The zero-order valence-corrected chi connectivity index (χ0v) is 22.3. The van der Waals surface area contributed by atoms with Crippen LogP contribution in [0.4, 0.5) is 11.4 Å². The summed E-state index contributed by atoms with van der Waals surface area (Å²) in [6.45, 7) is 4.93. The highest BCUT2D eigenvalue weighted by molar-refractivity contribution is 5.96. The molecule has 0 aliphatic carbocycles. The van der Waals surface area contributed by atoms with Crippen LogP contribution in [0.2, 0.25) is 0 Å². The SMILES string of the molecule is Cc1nc(CC2CCN(c3ccc(CN4CCCc5ccccc54)cc3)CC2)nc(C(=O)NCC(=O)O)c1O. The number of anilines is 2. The molecule has 3 heterocycles. The molecule has 3 aromatic rings. The number of hydrogen-bond acceptors (Lipinski definition) is 7. The first-order valence-electron chi connectivity index (χ1n) is 13.6. The zero-order chi connectivity index (χ0) is 27.4. The molecule has 0 unspecified atom stereocenters. The standard InChI is InChI=1S/C30H35N5O4/c1-20-29(38)28(30(39)31-18-27(36)37)33-26(32-20)17-21-12-15-34(16-13-21)24-10-8-22(9-11-24)19-35-14-4-6-23-5-2-3-7-25(23)35/h2-3,5,7-11,21,38H,4,6,12-19H2,1H3,(H,31,39)(H,36,37). The Morgan fingerprint density at radius 3 is 2.51 bits per heavy atom. The second-order valence-corrected chi connectivity index (χ2v) is 10.5. The Morgan fingerprint density at radius 2 is 1.77 bits per heavy atom. The van der Waals surface area contributed by atoms with E-state index in [9.17, 15) is 14.7 Å². The summed E-state index contributed by atoms with van der Waals surface area (Å²) < 4.78 is 0. The molecule has 0 bridgehead atoms. The Labute approximate surface area is 228 Å². The molecule has 1 fully saturated rings. The average Bonchev–Trinajstić information content (AvgIpc) is 2.94. The molecule has 2 aliphatic rings. The van der Waals surface area contributed by atoms with Crippen molar-refractivity contribution in [2.24, 2.45) is 5.92 Å². The highest BCUT2D eigenvalue weighted by Crippen LogP contribution is 2.30. The summed E-state index contributed by atoms with van der Waals surface area (Å²) in [5.74, 6) is -1.34. The van der Waals surface area contributed by atoms with Gasteiger partial charge in [0.05, 0.1) is 5.69 Å². The fourth-order valence-corrected chi connectivity index (χ4v) is 5.58. The number of aryl methyl sites for hydroxylation is 2. The van der Waals surface area contributed by atoms with Gasteiger partial charge in [0, 0.05) is 44.0 Å². The molecule has 2 aliphatic heterocycles.